The summed E-state index contributed by atoms with van der Waals surface area (Å²) in [4.78, 5) is 17.2. The van der Waals surface area contributed by atoms with Gasteiger partial charge in [0.1, 0.15) is 5.75 Å². The summed E-state index contributed by atoms with van der Waals surface area (Å²) >= 11 is 0. The molecular formula is C24H36BN2O2. The summed E-state index contributed by atoms with van der Waals surface area (Å²) in [5.41, 5.74) is 3.74. The maximum absolute atomic E-state index is 12.7. The lowest BCUT2D eigenvalue weighted by molar-refractivity contribution is -0.156. The molecule has 1 heterocycles. The minimum absolute atomic E-state index is 0.0707. The molecule has 1 N–H and O–H groups in total. The monoisotopic (exact) mass is 395 g/mol. The van der Waals surface area contributed by atoms with Crippen LogP contribution in [0.2, 0.25) is 6.82 Å². The van der Waals surface area contributed by atoms with Crippen molar-refractivity contribution >= 4 is 13.1 Å². The van der Waals surface area contributed by atoms with Crippen molar-refractivity contribution in [2.24, 2.45) is 10.8 Å². The Morgan fingerprint density at radius 3 is 2.62 bits per heavy atom. The van der Waals surface area contributed by atoms with Crippen LogP contribution >= 0.6 is 0 Å². The molecule has 157 valence electrons. The number of carbonyl (C=O) groups is 1. The van der Waals surface area contributed by atoms with Gasteiger partial charge in [-0.05, 0) is 79.8 Å². The van der Waals surface area contributed by atoms with Gasteiger partial charge in [-0.2, -0.15) is 0 Å². The van der Waals surface area contributed by atoms with Gasteiger partial charge in [-0.3, -0.25) is 4.79 Å². The fraction of sp³-hybridized carbons (Fsp3) is 0.708. The van der Waals surface area contributed by atoms with Crippen LogP contribution in [-0.4, -0.2) is 60.7 Å². The normalized spacial score (nSPS) is 35.4. The van der Waals surface area contributed by atoms with Crippen LogP contribution in [0.4, 0.5) is 4.79 Å². The fourth-order valence-electron chi connectivity index (χ4n) is 7.95. The summed E-state index contributed by atoms with van der Waals surface area (Å²) < 4.78 is 0. The topological polar surface area (TPSA) is 43.8 Å². The van der Waals surface area contributed by atoms with E-state index in [0.717, 1.165) is 37.8 Å². The average molecular weight is 395 g/mol. The van der Waals surface area contributed by atoms with Gasteiger partial charge in [0, 0.05) is 24.5 Å². The Kier molecular flexibility index (Phi) is 4.66. The molecule has 0 aromatic heterocycles. The van der Waals surface area contributed by atoms with Gasteiger partial charge in [0.15, 0.2) is 5.81 Å². The Morgan fingerprint density at radius 2 is 1.97 bits per heavy atom. The van der Waals surface area contributed by atoms with Crippen molar-refractivity contribution in [3.05, 3.63) is 28.8 Å². The molecular weight excluding hydrogens is 359 g/mol. The van der Waals surface area contributed by atoms with Crippen LogP contribution in [0, 0.1) is 17.8 Å². The number of likely N-dealkylation sites (tertiary alicyclic amines) is 1. The predicted octanol–water partition coefficient (Wildman–Crippen LogP) is 4.20. The maximum Gasteiger partial charge on any atom is 0.229 e. The SMILES string of the molecule is C[B]C(=O)N(C)C1CCC2(C)[C@H]3Cc4ccc(O)c(C)c4[C@@]2(CCN3C)C1(C)C. The van der Waals surface area contributed by atoms with Crippen molar-refractivity contribution in [2.45, 2.75) is 77.7 Å². The third-order valence-electron chi connectivity index (χ3n) is 9.38. The second-order valence-corrected chi connectivity index (χ2v) is 10.5. The van der Waals surface area contributed by atoms with Crippen molar-refractivity contribution in [2.75, 3.05) is 20.6 Å². The lowest BCUT2D eigenvalue weighted by Crippen LogP contribution is -2.75. The molecule has 1 aromatic carbocycles. The van der Waals surface area contributed by atoms with E-state index in [1.165, 1.54) is 11.1 Å². The summed E-state index contributed by atoms with van der Waals surface area (Å²) in [6.07, 6.45) is 4.24. The van der Waals surface area contributed by atoms with Crippen molar-refractivity contribution in [1.82, 2.24) is 9.80 Å². The number of carbonyl (C=O) groups excluding carboxylic acids is 1. The molecule has 0 spiro atoms. The molecule has 4 nitrogen and oxygen atoms in total. The zero-order valence-electron chi connectivity index (χ0n) is 19.2. The van der Waals surface area contributed by atoms with Crippen LogP contribution in [0.25, 0.3) is 0 Å². The Morgan fingerprint density at radius 1 is 1.28 bits per heavy atom. The number of hydrogen-bond donors (Lipinski definition) is 1. The third-order valence-corrected chi connectivity index (χ3v) is 9.38. The van der Waals surface area contributed by atoms with Crippen LogP contribution in [0.5, 0.6) is 5.75 Å². The summed E-state index contributed by atoms with van der Waals surface area (Å²) in [7, 11) is 5.93. The molecule has 5 heteroatoms. The molecule has 4 atom stereocenters. The number of phenols is 1. The Hall–Kier alpha value is -1.49. The van der Waals surface area contributed by atoms with Gasteiger partial charge in [-0.25, -0.2) is 0 Å². The number of benzene rings is 1. The first-order valence-electron chi connectivity index (χ1n) is 11.1. The number of aromatic hydroxyl groups is 1. The summed E-state index contributed by atoms with van der Waals surface area (Å²) in [5.74, 6) is 0.512. The molecule has 2 aliphatic carbocycles. The van der Waals surface area contributed by atoms with Crippen LogP contribution < -0.4 is 0 Å². The highest BCUT2D eigenvalue weighted by atomic mass is 16.3. The number of amides is 1. The zero-order valence-corrected chi connectivity index (χ0v) is 19.2. The van der Waals surface area contributed by atoms with Gasteiger partial charge in [0.2, 0.25) is 7.28 Å². The molecule has 29 heavy (non-hydrogen) atoms. The highest BCUT2D eigenvalue weighted by Crippen LogP contribution is 2.70. The number of fused-ring (bicyclic) bond motifs is 1. The quantitative estimate of drug-likeness (QED) is 0.764. The Labute approximate surface area is 176 Å². The van der Waals surface area contributed by atoms with Gasteiger partial charge in [0.25, 0.3) is 0 Å². The van der Waals surface area contributed by atoms with E-state index in [4.69, 9.17) is 0 Å². The number of piperidine rings is 1. The highest BCUT2D eigenvalue weighted by molar-refractivity contribution is 6.72. The Bertz CT molecular complexity index is 854. The molecule has 4 rings (SSSR count). The van der Waals surface area contributed by atoms with Crippen molar-refractivity contribution in [3.8, 4) is 5.75 Å². The smallest absolute Gasteiger partial charge is 0.229 e. The molecule has 2 fully saturated rings. The minimum atomic E-state index is -0.110. The first-order chi connectivity index (χ1) is 13.5. The molecule has 1 aromatic rings. The maximum atomic E-state index is 12.7. The van der Waals surface area contributed by atoms with Gasteiger partial charge in [0.05, 0.1) is 0 Å². The molecule has 1 aliphatic heterocycles. The van der Waals surface area contributed by atoms with E-state index in [1.807, 2.05) is 24.8 Å². The molecule has 1 radical (unpaired) electrons. The summed E-state index contributed by atoms with van der Waals surface area (Å²) in [6, 6.07) is 4.69. The third kappa shape index (κ3) is 2.40. The van der Waals surface area contributed by atoms with Gasteiger partial charge >= 0.3 is 0 Å². The Balaban J connectivity index is 2.00. The van der Waals surface area contributed by atoms with Crippen molar-refractivity contribution < 1.29 is 9.90 Å². The second-order valence-electron chi connectivity index (χ2n) is 10.5. The first-order valence-corrected chi connectivity index (χ1v) is 11.1. The molecule has 3 aliphatic rings. The minimum Gasteiger partial charge on any atom is -0.508 e. The van der Waals surface area contributed by atoms with E-state index >= 15 is 0 Å². The van der Waals surface area contributed by atoms with E-state index in [1.54, 1.807) is 7.28 Å². The van der Waals surface area contributed by atoms with Crippen LogP contribution in [0.3, 0.4) is 0 Å². The van der Waals surface area contributed by atoms with E-state index < -0.39 is 0 Å². The van der Waals surface area contributed by atoms with Crippen LogP contribution in [-0.2, 0) is 11.8 Å². The molecule has 1 saturated carbocycles. The van der Waals surface area contributed by atoms with E-state index in [-0.39, 0.29) is 28.1 Å². The van der Waals surface area contributed by atoms with Crippen LogP contribution in [0.15, 0.2) is 12.1 Å². The molecule has 1 amide bonds. The number of likely N-dealkylation sites (N-methyl/N-ethyl adjacent to an activating group) is 1. The molecule has 1 saturated heterocycles. The second kappa shape index (κ2) is 6.50. The number of nitrogens with zero attached hydrogens (tertiary/aromatic N) is 2. The van der Waals surface area contributed by atoms with E-state index in [9.17, 15) is 9.90 Å². The van der Waals surface area contributed by atoms with Gasteiger partial charge < -0.3 is 14.9 Å². The predicted molar refractivity (Wildman–Crippen MR) is 119 cm³/mol. The average Bonchev–Trinajstić information content (AvgIpc) is 2.66. The van der Waals surface area contributed by atoms with Gasteiger partial charge in [-0.1, -0.05) is 33.7 Å². The lowest BCUT2D eigenvalue weighted by Gasteiger charge is -2.72. The number of rotatable bonds is 2. The first kappa shape index (κ1) is 20.8. The molecule has 2 unspecified atom stereocenters. The standard InChI is InChI=1S/C24H36BN2O2/c1-15-17(28)9-8-16-14-19-23(4)11-10-18(27(7)21(29)25-5)22(2,3)24(23,20(15)16)12-13-26(19)6/h8-9,18-19,28H,10-14H2,1-7H3/t18?,19-,23?,24+/m1/s1. The van der Waals surface area contributed by atoms with E-state index in [2.05, 4.69) is 45.7 Å². The fourth-order valence-corrected chi connectivity index (χ4v) is 7.95. The zero-order chi connectivity index (χ0) is 21.4. The van der Waals surface area contributed by atoms with Crippen molar-refractivity contribution in [1.29, 1.82) is 0 Å². The number of hydrogen-bond acceptors (Lipinski definition) is 3. The van der Waals surface area contributed by atoms with E-state index in [0.29, 0.717) is 11.8 Å². The van der Waals surface area contributed by atoms with Crippen molar-refractivity contribution in [3.63, 3.8) is 0 Å². The highest BCUT2D eigenvalue weighted by Gasteiger charge is 2.70. The van der Waals surface area contributed by atoms with Gasteiger partial charge in [-0.15, -0.1) is 0 Å². The lowest BCUT2D eigenvalue weighted by atomic mass is 9.36. The largest absolute Gasteiger partial charge is 0.508 e. The van der Waals surface area contributed by atoms with Crippen LogP contribution in [0.1, 0.15) is 56.7 Å². The summed E-state index contributed by atoms with van der Waals surface area (Å²) in [5, 5.41) is 10.7. The number of phenolic OH excluding ortho intramolecular Hbond substituents is 1. The summed E-state index contributed by atoms with van der Waals surface area (Å²) in [6.45, 7) is 12.2. The molecule has 2 bridgehead atoms.